The van der Waals surface area contributed by atoms with Crippen LogP contribution in [-0.4, -0.2) is 10.1 Å². The predicted octanol–water partition coefficient (Wildman–Crippen LogP) is 3.57. The number of aliphatic hydroxyl groups excluding tert-OH is 1. The summed E-state index contributed by atoms with van der Waals surface area (Å²) >= 11 is 3.24. The van der Waals surface area contributed by atoms with Crippen LogP contribution in [0.15, 0.2) is 41.0 Å². The molecule has 2 rings (SSSR count). The van der Waals surface area contributed by atoms with Gasteiger partial charge in [-0.05, 0) is 42.3 Å². The number of halogens is 2. The van der Waals surface area contributed by atoms with Gasteiger partial charge in [0.25, 0.3) is 0 Å². The van der Waals surface area contributed by atoms with Crippen LogP contribution in [0.1, 0.15) is 22.9 Å². The van der Waals surface area contributed by atoms with Crippen LogP contribution in [0.4, 0.5) is 4.39 Å². The van der Waals surface area contributed by atoms with Crippen molar-refractivity contribution in [3.63, 3.8) is 0 Å². The molecule has 1 N–H and O–H groups in total. The second-order valence-electron chi connectivity index (χ2n) is 4.20. The number of aromatic nitrogens is 1. The van der Waals surface area contributed by atoms with Gasteiger partial charge in [0.1, 0.15) is 11.9 Å². The van der Waals surface area contributed by atoms with Crippen LogP contribution < -0.4 is 0 Å². The van der Waals surface area contributed by atoms with Crippen molar-refractivity contribution in [2.24, 2.45) is 0 Å². The van der Waals surface area contributed by atoms with E-state index >= 15 is 0 Å². The monoisotopic (exact) mass is 309 g/mol. The van der Waals surface area contributed by atoms with E-state index in [-0.39, 0.29) is 5.82 Å². The number of rotatable bonds is 3. The molecule has 1 aromatic carbocycles. The highest BCUT2D eigenvalue weighted by molar-refractivity contribution is 9.10. The molecule has 0 aliphatic heterocycles. The van der Waals surface area contributed by atoms with Crippen LogP contribution >= 0.6 is 15.9 Å². The van der Waals surface area contributed by atoms with E-state index in [1.165, 1.54) is 12.1 Å². The maximum Gasteiger partial charge on any atom is 0.124 e. The molecule has 1 heterocycles. The average Bonchev–Trinajstić information content (AvgIpc) is 2.27. The lowest BCUT2D eigenvalue weighted by molar-refractivity contribution is 0.172. The number of aryl methyl sites for hydroxylation is 1. The first-order valence-corrected chi connectivity index (χ1v) is 6.40. The molecule has 1 unspecified atom stereocenters. The predicted molar refractivity (Wildman–Crippen MR) is 71.7 cm³/mol. The van der Waals surface area contributed by atoms with Crippen LogP contribution in [0, 0.1) is 12.7 Å². The second kappa shape index (κ2) is 5.59. The maximum absolute atomic E-state index is 13.2. The normalized spacial score (nSPS) is 12.4. The standard InChI is InChI=1S/C14H13BrFNO/c1-9-3-2-4-17-14(9)13(18)7-10-5-11(15)8-12(16)6-10/h2-6,8,13,18H,7H2,1H3. The summed E-state index contributed by atoms with van der Waals surface area (Å²) in [6.07, 6.45) is 1.27. The van der Waals surface area contributed by atoms with Crippen molar-refractivity contribution in [1.29, 1.82) is 0 Å². The highest BCUT2D eigenvalue weighted by Crippen LogP contribution is 2.22. The molecule has 0 spiro atoms. The summed E-state index contributed by atoms with van der Waals surface area (Å²) < 4.78 is 13.9. The van der Waals surface area contributed by atoms with Crippen LogP contribution in [0.5, 0.6) is 0 Å². The Morgan fingerprint density at radius 2 is 2.17 bits per heavy atom. The van der Waals surface area contributed by atoms with Gasteiger partial charge in [-0.1, -0.05) is 22.0 Å². The second-order valence-corrected chi connectivity index (χ2v) is 5.12. The van der Waals surface area contributed by atoms with Gasteiger partial charge in [-0.3, -0.25) is 4.98 Å². The lowest BCUT2D eigenvalue weighted by Crippen LogP contribution is -2.06. The smallest absolute Gasteiger partial charge is 0.124 e. The highest BCUT2D eigenvalue weighted by atomic mass is 79.9. The van der Waals surface area contributed by atoms with Crippen molar-refractivity contribution in [2.75, 3.05) is 0 Å². The molecule has 2 nitrogen and oxygen atoms in total. The van der Waals surface area contributed by atoms with Gasteiger partial charge in [-0.2, -0.15) is 0 Å². The first kappa shape index (κ1) is 13.2. The Morgan fingerprint density at radius 1 is 1.39 bits per heavy atom. The SMILES string of the molecule is Cc1cccnc1C(O)Cc1cc(F)cc(Br)c1. The summed E-state index contributed by atoms with van der Waals surface area (Å²) in [5, 5.41) is 10.1. The first-order chi connectivity index (χ1) is 8.56. The van der Waals surface area contributed by atoms with Gasteiger partial charge >= 0.3 is 0 Å². The number of hydrogen-bond acceptors (Lipinski definition) is 2. The van der Waals surface area contributed by atoms with Gasteiger partial charge < -0.3 is 5.11 Å². The number of nitrogens with zero attached hydrogens (tertiary/aromatic N) is 1. The first-order valence-electron chi connectivity index (χ1n) is 5.61. The zero-order chi connectivity index (χ0) is 13.1. The summed E-state index contributed by atoms with van der Waals surface area (Å²) in [6.45, 7) is 1.90. The Balaban J connectivity index is 2.21. The minimum Gasteiger partial charge on any atom is -0.386 e. The van der Waals surface area contributed by atoms with E-state index in [0.717, 1.165) is 11.1 Å². The largest absolute Gasteiger partial charge is 0.386 e. The third-order valence-corrected chi connectivity index (χ3v) is 3.17. The molecule has 1 aromatic heterocycles. The number of hydrogen-bond donors (Lipinski definition) is 1. The molecule has 0 saturated carbocycles. The third kappa shape index (κ3) is 3.15. The Morgan fingerprint density at radius 3 is 2.83 bits per heavy atom. The van der Waals surface area contributed by atoms with E-state index in [9.17, 15) is 9.50 Å². The molecule has 0 amide bonds. The summed E-state index contributed by atoms with van der Waals surface area (Å²) in [6, 6.07) is 8.33. The highest BCUT2D eigenvalue weighted by Gasteiger charge is 2.13. The topological polar surface area (TPSA) is 33.1 Å². The number of aliphatic hydroxyl groups is 1. The molecule has 0 radical (unpaired) electrons. The molecule has 4 heteroatoms. The zero-order valence-electron chi connectivity index (χ0n) is 9.90. The Labute approximate surface area is 114 Å². The Hall–Kier alpha value is -1.26. The summed E-state index contributed by atoms with van der Waals surface area (Å²) in [5.74, 6) is -0.315. The third-order valence-electron chi connectivity index (χ3n) is 2.72. The van der Waals surface area contributed by atoms with E-state index in [4.69, 9.17) is 0 Å². The molecule has 2 aromatic rings. The molecular weight excluding hydrogens is 297 g/mol. The fourth-order valence-corrected chi connectivity index (χ4v) is 2.41. The van der Waals surface area contributed by atoms with Crippen molar-refractivity contribution in [3.05, 3.63) is 63.6 Å². The molecule has 0 aliphatic rings. The van der Waals surface area contributed by atoms with Gasteiger partial charge in [0.05, 0.1) is 5.69 Å². The number of pyridine rings is 1. The minimum atomic E-state index is -0.722. The number of benzene rings is 1. The van der Waals surface area contributed by atoms with E-state index in [1.54, 1.807) is 12.3 Å². The van der Waals surface area contributed by atoms with E-state index in [0.29, 0.717) is 16.6 Å². The van der Waals surface area contributed by atoms with Crippen molar-refractivity contribution in [3.8, 4) is 0 Å². The fourth-order valence-electron chi connectivity index (χ4n) is 1.90. The van der Waals surface area contributed by atoms with Crippen molar-refractivity contribution in [1.82, 2.24) is 4.98 Å². The van der Waals surface area contributed by atoms with Crippen LogP contribution in [0.2, 0.25) is 0 Å². The van der Waals surface area contributed by atoms with E-state index in [2.05, 4.69) is 20.9 Å². The summed E-state index contributed by atoms with van der Waals surface area (Å²) in [7, 11) is 0. The van der Waals surface area contributed by atoms with Gasteiger partial charge in [-0.15, -0.1) is 0 Å². The molecule has 0 bridgehead atoms. The average molecular weight is 310 g/mol. The van der Waals surface area contributed by atoms with Crippen molar-refractivity contribution >= 4 is 15.9 Å². The maximum atomic E-state index is 13.2. The van der Waals surface area contributed by atoms with Gasteiger partial charge in [-0.25, -0.2) is 4.39 Å². The van der Waals surface area contributed by atoms with Gasteiger partial charge in [0, 0.05) is 17.1 Å². The van der Waals surface area contributed by atoms with Crippen LogP contribution in [0.25, 0.3) is 0 Å². The molecule has 0 saturated heterocycles. The van der Waals surface area contributed by atoms with E-state index in [1.807, 2.05) is 19.1 Å². The zero-order valence-corrected chi connectivity index (χ0v) is 11.5. The van der Waals surface area contributed by atoms with Gasteiger partial charge in [0.15, 0.2) is 0 Å². The summed E-state index contributed by atoms with van der Waals surface area (Å²) in [4.78, 5) is 4.16. The molecular formula is C14H13BrFNO. The van der Waals surface area contributed by atoms with Gasteiger partial charge in [0.2, 0.25) is 0 Å². The quantitative estimate of drug-likeness (QED) is 0.940. The van der Waals surface area contributed by atoms with E-state index < -0.39 is 6.10 Å². The lowest BCUT2D eigenvalue weighted by Gasteiger charge is -2.12. The minimum absolute atomic E-state index is 0.315. The van der Waals surface area contributed by atoms with Crippen LogP contribution in [-0.2, 0) is 6.42 Å². The Kier molecular flexibility index (Phi) is 4.09. The fraction of sp³-hybridized carbons (Fsp3) is 0.214. The molecule has 94 valence electrons. The van der Waals surface area contributed by atoms with Crippen molar-refractivity contribution in [2.45, 2.75) is 19.4 Å². The molecule has 0 aliphatic carbocycles. The van der Waals surface area contributed by atoms with Crippen LogP contribution in [0.3, 0.4) is 0 Å². The molecule has 1 atom stereocenters. The lowest BCUT2D eigenvalue weighted by atomic mass is 10.0. The molecule has 18 heavy (non-hydrogen) atoms. The molecule has 0 fully saturated rings. The van der Waals surface area contributed by atoms with Crippen molar-refractivity contribution < 1.29 is 9.50 Å². The Bertz CT molecular complexity index is 539. The summed E-state index contributed by atoms with van der Waals surface area (Å²) in [5.41, 5.74) is 2.30.